The van der Waals surface area contributed by atoms with Gasteiger partial charge in [-0.1, -0.05) is 24.3 Å². The third-order valence-electron chi connectivity index (χ3n) is 2.87. The fraction of sp³-hybridized carbons (Fsp3) is 0.250. The van der Waals surface area contributed by atoms with Crippen LogP contribution < -0.4 is 4.74 Å². The van der Waals surface area contributed by atoms with E-state index in [1.807, 2.05) is 12.1 Å². The molecule has 0 aromatic heterocycles. The molecule has 2 aromatic carbocycles. The lowest BCUT2D eigenvalue weighted by molar-refractivity contribution is -0.137. The van der Waals surface area contributed by atoms with E-state index in [-0.39, 0.29) is 6.61 Å². The van der Waals surface area contributed by atoms with Crippen LogP contribution in [-0.4, -0.2) is 7.11 Å². The van der Waals surface area contributed by atoms with Crippen LogP contribution in [0.2, 0.25) is 0 Å². The summed E-state index contributed by atoms with van der Waals surface area (Å²) in [6, 6.07) is 12.4. The number of benzene rings is 2. The number of ether oxygens (including phenoxy) is 2. The van der Waals surface area contributed by atoms with Gasteiger partial charge in [-0.05, 0) is 35.4 Å². The van der Waals surface area contributed by atoms with Crippen LogP contribution in [0.5, 0.6) is 5.75 Å². The molecular weight excluding hydrogens is 281 g/mol. The van der Waals surface area contributed by atoms with Gasteiger partial charge in [0.2, 0.25) is 0 Å². The molecule has 0 amide bonds. The van der Waals surface area contributed by atoms with Crippen molar-refractivity contribution in [3.05, 3.63) is 65.2 Å². The summed E-state index contributed by atoms with van der Waals surface area (Å²) in [5, 5.41) is 0. The highest BCUT2D eigenvalue weighted by molar-refractivity contribution is 5.29. The van der Waals surface area contributed by atoms with Crippen molar-refractivity contribution in [1.82, 2.24) is 0 Å². The van der Waals surface area contributed by atoms with Gasteiger partial charge in [0.25, 0.3) is 0 Å². The third-order valence-corrected chi connectivity index (χ3v) is 2.87. The van der Waals surface area contributed by atoms with Crippen LogP contribution in [0.25, 0.3) is 0 Å². The lowest BCUT2D eigenvalue weighted by atomic mass is 10.1. The average Bonchev–Trinajstić information content (AvgIpc) is 2.45. The zero-order chi connectivity index (χ0) is 15.3. The van der Waals surface area contributed by atoms with E-state index < -0.39 is 11.7 Å². The van der Waals surface area contributed by atoms with E-state index in [1.54, 1.807) is 25.3 Å². The smallest absolute Gasteiger partial charge is 0.416 e. The summed E-state index contributed by atoms with van der Waals surface area (Å²) in [6.07, 6.45) is -4.34. The standard InChI is InChI=1S/C16H15F3O2/c1-20-10-13-5-3-7-15(9-13)21-11-12-4-2-6-14(8-12)16(17,18)19/h2-9H,10-11H2,1H3. The number of hydrogen-bond acceptors (Lipinski definition) is 2. The number of rotatable bonds is 5. The molecule has 0 heterocycles. The molecule has 2 nitrogen and oxygen atoms in total. The summed E-state index contributed by atoms with van der Waals surface area (Å²) in [5.74, 6) is 0.599. The van der Waals surface area contributed by atoms with Crippen molar-refractivity contribution in [2.24, 2.45) is 0 Å². The second-order valence-electron chi connectivity index (χ2n) is 4.57. The van der Waals surface area contributed by atoms with Gasteiger partial charge in [-0.3, -0.25) is 0 Å². The summed E-state index contributed by atoms with van der Waals surface area (Å²) in [4.78, 5) is 0. The van der Waals surface area contributed by atoms with Crippen molar-refractivity contribution >= 4 is 0 Å². The molecule has 0 saturated heterocycles. The van der Waals surface area contributed by atoms with Crippen LogP contribution in [0.4, 0.5) is 13.2 Å². The Morgan fingerprint density at radius 2 is 1.57 bits per heavy atom. The first-order valence-corrected chi connectivity index (χ1v) is 6.36. The van der Waals surface area contributed by atoms with E-state index in [0.29, 0.717) is 17.9 Å². The highest BCUT2D eigenvalue weighted by Gasteiger charge is 2.30. The molecule has 2 rings (SSSR count). The second kappa shape index (κ2) is 6.63. The van der Waals surface area contributed by atoms with Crippen molar-refractivity contribution < 1.29 is 22.6 Å². The minimum atomic E-state index is -4.34. The lowest BCUT2D eigenvalue weighted by Gasteiger charge is -2.10. The maximum Gasteiger partial charge on any atom is 0.416 e. The Labute approximate surface area is 121 Å². The Bertz CT molecular complexity index is 594. The van der Waals surface area contributed by atoms with Crippen LogP contribution in [-0.2, 0) is 24.1 Å². The maximum absolute atomic E-state index is 12.6. The molecule has 21 heavy (non-hydrogen) atoms. The first-order chi connectivity index (χ1) is 9.99. The van der Waals surface area contributed by atoms with E-state index in [1.165, 1.54) is 6.07 Å². The zero-order valence-corrected chi connectivity index (χ0v) is 11.5. The second-order valence-corrected chi connectivity index (χ2v) is 4.57. The minimum Gasteiger partial charge on any atom is -0.489 e. The molecule has 0 aliphatic rings. The molecule has 0 unspecified atom stereocenters. The molecule has 0 aliphatic carbocycles. The average molecular weight is 296 g/mol. The highest BCUT2D eigenvalue weighted by Crippen LogP contribution is 2.29. The predicted octanol–water partition coefficient (Wildman–Crippen LogP) is 4.43. The molecule has 0 atom stereocenters. The monoisotopic (exact) mass is 296 g/mol. The number of halogens is 3. The van der Waals surface area contributed by atoms with Gasteiger partial charge in [0.1, 0.15) is 12.4 Å². The number of alkyl halides is 3. The first kappa shape index (κ1) is 15.4. The largest absolute Gasteiger partial charge is 0.489 e. The number of methoxy groups -OCH3 is 1. The highest BCUT2D eigenvalue weighted by atomic mass is 19.4. The van der Waals surface area contributed by atoms with Crippen LogP contribution in [0.1, 0.15) is 16.7 Å². The topological polar surface area (TPSA) is 18.5 Å². The number of hydrogen-bond donors (Lipinski definition) is 0. The maximum atomic E-state index is 12.6. The minimum absolute atomic E-state index is 0.0837. The normalized spacial score (nSPS) is 11.4. The van der Waals surface area contributed by atoms with Crippen LogP contribution in [0, 0.1) is 0 Å². The summed E-state index contributed by atoms with van der Waals surface area (Å²) >= 11 is 0. The molecule has 112 valence electrons. The lowest BCUT2D eigenvalue weighted by Crippen LogP contribution is -2.06. The van der Waals surface area contributed by atoms with Gasteiger partial charge < -0.3 is 9.47 Å². The van der Waals surface area contributed by atoms with E-state index in [4.69, 9.17) is 9.47 Å². The van der Waals surface area contributed by atoms with E-state index in [2.05, 4.69) is 0 Å². The molecule has 5 heteroatoms. The Morgan fingerprint density at radius 3 is 2.24 bits per heavy atom. The predicted molar refractivity (Wildman–Crippen MR) is 72.9 cm³/mol. The van der Waals surface area contributed by atoms with E-state index in [0.717, 1.165) is 17.7 Å². The fourth-order valence-electron chi connectivity index (χ4n) is 1.90. The molecule has 0 spiro atoms. The summed E-state index contributed by atoms with van der Waals surface area (Å²) < 4.78 is 48.4. The fourth-order valence-corrected chi connectivity index (χ4v) is 1.90. The van der Waals surface area contributed by atoms with Gasteiger partial charge in [0.05, 0.1) is 12.2 Å². The van der Waals surface area contributed by atoms with Gasteiger partial charge >= 0.3 is 6.18 Å². The zero-order valence-electron chi connectivity index (χ0n) is 11.5. The Morgan fingerprint density at radius 1 is 0.905 bits per heavy atom. The van der Waals surface area contributed by atoms with Gasteiger partial charge in [-0.15, -0.1) is 0 Å². The summed E-state index contributed by atoms with van der Waals surface area (Å²) in [6.45, 7) is 0.543. The van der Waals surface area contributed by atoms with Gasteiger partial charge in [-0.2, -0.15) is 13.2 Å². The van der Waals surface area contributed by atoms with E-state index in [9.17, 15) is 13.2 Å². The van der Waals surface area contributed by atoms with Crippen molar-refractivity contribution in [1.29, 1.82) is 0 Å². The summed E-state index contributed by atoms with van der Waals surface area (Å²) in [5.41, 5.74) is 0.748. The van der Waals surface area contributed by atoms with Gasteiger partial charge in [-0.25, -0.2) is 0 Å². The molecule has 0 aliphatic heterocycles. The molecule has 2 aromatic rings. The van der Waals surface area contributed by atoms with Crippen molar-refractivity contribution in [2.45, 2.75) is 19.4 Å². The van der Waals surface area contributed by atoms with Crippen LogP contribution >= 0.6 is 0 Å². The third kappa shape index (κ3) is 4.49. The molecule has 0 bridgehead atoms. The quantitative estimate of drug-likeness (QED) is 0.812. The molecular formula is C16H15F3O2. The summed E-state index contributed by atoms with van der Waals surface area (Å²) in [7, 11) is 1.59. The first-order valence-electron chi connectivity index (χ1n) is 6.36. The van der Waals surface area contributed by atoms with Crippen LogP contribution in [0.3, 0.4) is 0 Å². The Balaban J connectivity index is 2.04. The SMILES string of the molecule is COCc1cccc(OCc2cccc(C(F)(F)F)c2)c1. The van der Waals surface area contributed by atoms with Crippen molar-refractivity contribution in [2.75, 3.05) is 7.11 Å². The molecule has 0 radical (unpaired) electrons. The van der Waals surface area contributed by atoms with E-state index >= 15 is 0 Å². The molecule has 0 N–H and O–H groups in total. The Kier molecular flexibility index (Phi) is 4.85. The molecule has 0 fully saturated rings. The van der Waals surface area contributed by atoms with Crippen molar-refractivity contribution in [3.8, 4) is 5.75 Å². The van der Waals surface area contributed by atoms with Crippen molar-refractivity contribution in [3.63, 3.8) is 0 Å². The van der Waals surface area contributed by atoms with Crippen LogP contribution in [0.15, 0.2) is 48.5 Å². The Hall–Kier alpha value is -2.01. The molecule has 0 saturated carbocycles. The van der Waals surface area contributed by atoms with Gasteiger partial charge in [0.15, 0.2) is 0 Å². The van der Waals surface area contributed by atoms with Gasteiger partial charge in [0, 0.05) is 7.11 Å².